The normalized spacial score (nSPS) is 34.0. The van der Waals surface area contributed by atoms with Crippen molar-refractivity contribution < 1.29 is 19.0 Å². The number of ether oxygens (including phenoxy) is 3. The van der Waals surface area contributed by atoms with Gasteiger partial charge in [0.05, 0.1) is 25.7 Å². The Balaban J connectivity index is 1.62. The second-order valence-electron chi connectivity index (χ2n) is 7.62. The molecule has 0 aromatic rings. The van der Waals surface area contributed by atoms with E-state index in [0.717, 1.165) is 12.7 Å². The summed E-state index contributed by atoms with van der Waals surface area (Å²) in [5, 5.41) is 0. The largest absolute Gasteiger partial charge is 0.381 e. The van der Waals surface area contributed by atoms with Crippen LogP contribution in [0.25, 0.3) is 0 Å². The third-order valence-corrected chi connectivity index (χ3v) is 6.50. The molecule has 1 spiro atoms. The summed E-state index contributed by atoms with van der Waals surface area (Å²) in [6.07, 6.45) is 4.83. The molecule has 1 saturated carbocycles. The number of hydrogen-bond acceptors (Lipinski definition) is 4. The van der Waals surface area contributed by atoms with Crippen molar-refractivity contribution in [3.63, 3.8) is 0 Å². The van der Waals surface area contributed by atoms with Gasteiger partial charge in [0, 0.05) is 32.9 Å². The second-order valence-corrected chi connectivity index (χ2v) is 13.2. The fourth-order valence-electron chi connectivity index (χ4n) is 3.55. The van der Waals surface area contributed by atoms with Crippen LogP contribution in [-0.4, -0.2) is 46.1 Å². The summed E-state index contributed by atoms with van der Waals surface area (Å²) < 4.78 is 17.6. The van der Waals surface area contributed by atoms with Crippen molar-refractivity contribution in [1.82, 2.24) is 0 Å². The molecule has 1 saturated heterocycles. The first-order chi connectivity index (χ1) is 9.91. The van der Waals surface area contributed by atoms with Gasteiger partial charge in [-0.3, -0.25) is 4.79 Å². The molecule has 21 heavy (non-hydrogen) atoms. The van der Waals surface area contributed by atoms with Gasteiger partial charge in [0.1, 0.15) is 5.78 Å². The topological polar surface area (TPSA) is 44.8 Å². The van der Waals surface area contributed by atoms with E-state index < -0.39 is 13.9 Å². The summed E-state index contributed by atoms with van der Waals surface area (Å²) in [5.74, 6) is -0.392. The molecule has 0 aromatic heterocycles. The first-order valence-corrected chi connectivity index (χ1v) is 11.7. The number of hydrogen-bond donors (Lipinski definition) is 0. The molecular formula is C16H26O4Si. The molecule has 0 aromatic carbocycles. The molecule has 2 bridgehead atoms. The predicted molar refractivity (Wildman–Crippen MR) is 82.8 cm³/mol. The maximum Gasteiger partial charge on any atom is 0.176 e. The van der Waals surface area contributed by atoms with Gasteiger partial charge in [-0.05, 0) is 6.04 Å². The lowest BCUT2D eigenvalue weighted by molar-refractivity contribution is -0.225. The molecule has 5 heteroatoms. The van der Waals surface area contributed by atoms with E-state index in [2.05, 4.69) is 25.7 Å². The SMILES string of the molecule is C[Si](C)(C)CCOC[C@@H]1C(=O)[C@H]2C=C[C@H]1C1(C2)OCCO1. The number of Topliss-reactive ketones (excluding diaryl/α,β-unsaturated/α-hetero) is 1. The Morgan fingerprint density at radius 2 is 2.00 bits per heavy atom. The Bertz CT molecular complexity index is 434. The van der Waals surface area contributed by atoms with E-state index in [0.29, 0.717) is 32.0 Å². The summed E-state index contributed by atoms with van der Waals surface area (Å²) in [6, 6.07) is 1.13. The number of allylic oxidation sites excluding steroid dienone is 1. The quantitative estimate of drug-likeness (QED) is 0.444. The van der Waals surface area contributed by atoms with E-state index in [1.807, 2.05) is 6.08 Å². The highest BCUT2D eigenvalue weighted by Gasteiger charge is 2.57. The maximum atomic E-state index is 12.5. The van der Waals surface area contributed by atoms with E-state index in [1.165, 1.54) is 0 Å². The fourth-order valence-corrected chi connectivity index (χ4v) is 4.31. The molecule has 0 radical (unpaired) electrons. The molecule has 4 aliphatic rings. The molecule has 3 aliphatic carbocycles. The van der Waals surface area contributed by atoms with Gasteiger partial charge in [-0.2, -0.15) is 0 Å². The van der Waals surface area contributed by atoms with Crippen LogP contribution in [-0.2, 0) is 19.0 Å². The average Bonchev–Trinajstić information content (AvgIpc) is 2.85. The summed E-state index contributed by atoms with van der Waals surface area (Å²) in [6.45, 7) is 9.54. The van der Waals surface area contributed by atoms with Gasteiger partial charge in [0.15, 0.2) is 5.79 Å². The summed E-state index contributed by atoms with van der Waals surface area (Å²) in [5.41, 5.74) is 0. The van der Waals surface area contributed by atoms with E-state index >= 15 is 0 Å². The van der Waals surface area contributed by atoms with Crippen LogP contribution >= 0.6 is 0 Å². The Morgan fingerprint density at radius 3 is 2.67 bits per heavy atom. The average molecular weight is 310 g/mol. The molecule has 1 heterocycles. The number of rotatable bonds is 5. The van der Waals surface area contributed by atoms with Gasteiger partial charge in [0.2, 0.25) is 0 Å². The van der Waals surface area contributed by atoms with Crippen LogP contribution in [0.2, 0.25) is 25.7 Å². The van der Waals surface area contributed by atoms with Crippen LogP contribution in [0.4, 0.5) is 0 Å². The summed E-state index contributed by atoms with van der Waals surface area (Å²) >= 11 is 0. The van der Waals surface area contributed by atoms with Gasteiger partial charge < -0.3 is 14.2 Å². The first-order valence-electron chi connectivity index (χ1n) is 7.99. The third-order valence-electron chi connectivity index (χ3n) is 4.80. The molecule has 0 amide bonds. The lowest BCUT2D eigenvalue weighted by atomic mass is 9.65. The van der Waals surface area contributed by atoms with Crippen LogP contribution < -0.4 is 0 Å². The van der Waals surface area contributed by atoms with Gasteiger partial charge in [-0.1, -0.05) is 31.8 Å². The van der Waals surface area contributed by atoms with Gasteiger partial charge in [0.25, 0.3) is 0 Å². The molecule has 3 atom stereocenters. The van der Waals surface area contributed by atoms with E-state index in [1.54, 1.807) is 0 Å². The number of fused-ring (bicyclic) bond motifs is 1. The van der Waals surface area contributed by atoms with Gasteiger partial charge in [-0.15, -0.1) is 0 Å². The smallest absolute Gasteiger partial charge is 0.176 e. The zero-order valence-corrected chi connectivity index (χ0v) is 14.3. The van der Waals surface area contributed by atoms with Crippen LogP contribution in [0.3, 0.4) is 0 Å². The second kappa shape index (κ2) is 5.61. The monoisotopic (exact) mass is 310 g/mol. The van der Waals surface area contributed by atoms with Gasteiger partial charge in [-0.25, -0.2) is 0 Å². The number of carbonyl (C=O) groups is 1. The van der Waals surface area contributed by atoms with Crippen molar-refractivity contribution in [2.24, 2.45) is 17.8 Å². The van der Waals surface area contributed by atoms with Crippen LogP contribution in [0, 0.1) is 17.8 Å². The number of ketones is 1. The molecular weight excluding hydrogens is 284 g/mol. The predicted octanol–water partition coefficient (Wildman–Crippen LogP) is 2.48. The minimum absolute atomic E-state index is 0.0179. The zero-order chi connectivity index (χ0) is 15.1. The van der Waals surface area contributed by atoms with Gasteiger partial charge >= 0.3 is 0 Å². The van der Waals surface area contributed by atoms with Crippen molar-refractivity contribution >= 4 is 13.9 Å². The molecule has 4 rings (SSSR count). The minimum Gasteiger partial charge on any atom is -0.381 e. The first kappa shape index (κ1) is 15.4. The summed E-state index contributed by atoms with van der Waals surface area (Å²) in [7, 11) is -1.08. The molecule has 0 unspecified atom stereocenters. The Hall–Kier alpha value is -0.493. The minimum atomic E-state index is -1.08. The lowest BCUT2D eigenvalue weighted by Gasteiger charge is -2.47. The van der Waals surface area contributed by atoms with Crippen molar-refractivity contribution in [2.75, 3.05) is 26.4 Å². The molecule has 1 aliphatic heterocycles. The van der Waals surface area contributed by atoms with E-state index in [9.17, 15) is 4.79 Å². The van der Waals surface area contributed by atoms with Crippen molar-refractivity contribution in [1.29, 1.82) is 0 Å². The Morgan fingerprint density at radius 1 is 1.29 bits per heavy atom. The lowest BCUT2D eigenvalue weighted by Crippen LogP contribution is -2.56. The standard InChI is InChI=1S/C16H26O4Si/c1-21(2,3)9-8-18-11-13-14-5-4-12(15(13)17)10-16(14)19-6-7-20-16/h4-5,12-14H,6-11H2,1-3H3/t12-,13-,14+/m0/s1. The van der Waals surface area contributed by atoms with Crippen LogP contribution in [0.5, 0.6) is 0 Å². The van der Waals surface area contributed by atoms with Crippen molar-refractivity contribution in [2.45, 2.75) is 37.9 Å². The third kappa shape index (κ3) is 3.02. The van der Waals surface area contributed by atoms with Crippen molar-refractivity contribution in [3.8, 4) is 0 Å². The highest BCUT2D eigenvalue weighted by Crippen LogP contribution is 2.49. The molecule has 2 fully saturated rings. The highest BCUT2D eigenvalue weighted by molar-refractivity contribution is 6.76. The fraction of sp³-hybridized carbons (Fsp3) is 0.812. The van der Waals surface area contributed by atoms with Crippen LogP contribution in [0.1, 0.15) is 6.42 Å². The Kier molecular flexibility index (Phi) is 4.12. The maximum absolute atomic E-state index is 12.5. The van der Waals surface area contributed by atoms with E-state index in [4.69, 9.17) is 14.2 Å². The van der Waals surface area contributed by atoms with Crippen molar-refractivity contribution in [3.05, 3.63) is 12.2 Å². The zero-order valence-electron chi connectivity index (χ0n) is 13.3. The summed E-state index contributed by atoms with van der Waals surface area (Å²) in [4.78, 5) is 12.5. The molecule has 4 nitrogen and oxygen atoms in total. The van der Waals surface area contributed by atoms with Crippen LogP contribution in [0.15, 0.2) is 12.2 Å². The van der Waals surface area contributed by atoms with E-state index in [-0.39, 0.29) is 17.8 Å². The highest BCUT2D eigenvalue weighted by atomic mass is 28.3. The molecule has 118 valence electrons. The Labute approximate surface area is 127 Å². The molecule has 0 N–H and O–H groups in total. The number of carbonyl (C=O) groups excluding carboxylic acids is 1.